The molecule has 132 valence electrons. The third kappa shape index (κ3) is 10.2. The first-order valence-electron chi connectivity index (χ1n) is 9.72. The van der Waals surface area contributed by atoms with Gasteiger partial charge in [0.1, 0.15) is 5.60 Å². The molecule has 0 amide bonds. The van der Waals surface area contributed by atoms with Gasteiger partial charge in [-0.25, -0.2) is 0 Å². The summed E-state index contributed by atoms with van der Waals surface area (Å²) in [6, 6.07) is 0. The van der Waals surface area contributed by atoms with Gasteiger partial charge >= 0.3 is 5.97 Å². The molecule has 0 heterocycles. The summed E-state index contributed by atoms with van der Waals surface area (Å²) in [5.74, 6) is 0.0450. The molecule has 2 atom stereocenters. The fourth-order valence-electron chi connectivity index (χ4n) is 2.87. The summed E-state index contributed by atoms with van der Waals surface area (Å²) in [5.41, 5.74) is -0.265. The molecule has 2 nitrogen and oxygen atoms in total. The van der Waals surface area contributed by atoms with Crippen molar-refractivity contribution in [3.63, 3.8) is 0 Å². The molecule has 2 heteroatoms. The van der Waals surface area contributed by atoms with Crippen molar-refractivity contribution >= 4 is 5.97 Å². The zero-order chi connectivity index (χ0) is 16.8. The van der Waals surface area contributed by atoms with Crippen LogP contribution in [0, 0.1) is 5.92 Å². The molecular weight excluding hydrogens is 272 g/mol. The van der Waals surface area contributed by atoms with E-state index in [0.29, 0.717) is 0 Å². The van der Waals surface area contributed by atoms with Gasteiger partial charge in [-0.1, -0.05) is 85.5 Å². The Morgan fingerprint density at radius 1 is 0.909 bits per heavy atom. The van der Waals surface area contributed by atoms with Crippen molar-refractivity contribution in [1.82, 2.24) is 0 Å². The van der Waals surface area contributed by atoms with E-state index < -0.39 is 0 Å². The summed E-state index contributed by atoms with van der Waals surface area (Å²) in [6.07, 6.45) is 14.4. The molecule has 0 saturated heterocycles. The quantitative estimate of drug-likeness (QED) is 0.264. The molecule has 0 aromatic rings. The van der Waals surface area contributed by atoms with Crippen LogP contribution in [0.4, 0.5) is 0 Å². The van der Waals surface area contributed by atoms with E-state index in [1.165, 1.54) is 44.9 Å². The van der Waals surface area contributed by atoms with Crippen LogP contribution in [0.2, 0.25) is 0 Å². The zero-order valence-electron chi connectivity index (χ0n) is 15.9. The maximum absolute atomic E-state index is 12.2. The lowest BCUT2D eigenvalue weighted by molar-refractivity contribution is -0.164. The molecule has 0 aliphatic carbocycles. The number of esters is 1. The largest absolute Gasteiger partial charge is 0.459 e. The van der Waals surface area contributed by atoms with Crippen molar-refractivity contribution in [2.75, 3.05) is 0 Å². The van der Waals surface area contributed by atoms with Crippen LogP contribution in [0.15, 0.2) is 0 Å². The number of carbonyl (C=O) groups excluding carboxylic acids is 1. The number of carbonyl (C=O) groups is 1. The van der Waals surface area contributed by atoms with Crippen LogP contribution in [0.5, 0.6) is 0 Å². The van der Waals surface area contributed by atoms with Crippen LogP contribution >= 0.6 is 0 Å². The molecule has 0 rings (SSSR count). The van der Waals surface area contributed by atoms with E-state index in [-0.39, 0.29) is 17.5 Å². The molecule has 0 saturated carbocycles. The van der Waals surface area contributed by atoms with Crippen LogP contribution in [-0.2, 0) is 9.53 Å². The second-order valence-electron chi connectivity index (χ2n) is 7.14. The molecule has 0 aromatic carbocycles. The maximum Gasteiger partial charge on any atom is 0.309 e. The van der Waals surface area contributed by atoms with E-state index >= 15 is 0 Å². The Morgan fingerprint density at radius 2 is 1.45 bits per heavy atom. The van der Waals surface area contributed by atoms with Crippen LogP contribution in [0.3, 0.4) is 0 Å². The SMILES string of the molecule is CCCCCCCCCCC(C)C(=O)OC(C)(CC)CCC. The van der Waals surface area contributed by atoms with E-state index in [4.69, 9.17) is 4.74 Å². The lowest BCUT2D eigenvalue weighted by Crippen LogP contribution is -2.33. The first-order valence-corrected chi connectivity index (χ1v) is 9.72. The molecule has 22 heavy (non-hydrogen) atoms. The van der Waals surface area contributed by atoms with Gasteiger partial charge in [-0.05, 0) is 26.2 Å². The Labute approximate surface area is 139 Å². The van der Waals surface area contributed by atoms with Gasteiger partial charge < -0.3 is 4.74 Å². The highest BCUT2D eigenvalue weighted by Gasteiger charge is 2.27. The number of ether oxygens (including phenoxy) is 1. The van der Waals surface area contributed by atoms with Crippen molar-refractivity contribution in [3.8, 4) is 0 Å². The molecule has 0 spiro atoms. The summed E-state index contributed by atoms with van der Waals surface area (Å²) in [6.45, 7) is 10.6. The monoisotopic (exact) mass is 312 g/mol. The average Bonchev–Trinajstić information content (AvgIpc) is 2.49. The minimum Gasteiger partial charge on any atom is -0.459 e. The third-order valence-electron chi connectivity index (χ3n) is 4.77. The Kier molecular flexibility index (Phi) is 12.6. The van der Waals surface area contributed by atoms with E-state index in [2.05, 4.69) is 27.7 Å². The summed E-state index contributed by atoms with van der Waals surface area (Å²) >= 11 is 0. The van der Waals surface area contributed by atoms with Crippen LogP contribution in [0.25, 0.3) is 0 Å². The average molecular weight is 313 g/mol. The van der Waals surface area contributed by atoms with Crippen LogP contribution in [-0.4, -0.2) is 11.6 Å². The zero-order valence-corrected chi connectivity index (χ0v) is 15.9. The van der Waals surface area contributed by atoms with E-state index in [1.54, 1.807) is 0 Å². The maximum atomic E-state index is 12.2. The summed E-state index contributed by atoms with van der Waals surface area (Å²) in [7, 11) is 0. The molecule has 0 N–H and O–H groups in total. The Morgan fingerprint density at radius 3 is 1.95 bits per heavy atom. The van der Waals surface area contributed by atoms with Gasteiger partial charge in [-0.3, -0.25) is 4.79 Å². The van der Waals surface area contributed by atoms with E-state index in [9.17, 15) is 4.79 Å². The van der Waals surface area contributed by atoms with Crippen LogP contribution in [0.1, 0.15) is 112 Å². The molecule has 0 aromatic heterocycles. The Hall–Kier alpha value is -0.530. The summed E-state index contributed by atoms with van der Waals surface area (Å²) in [4.78, 5) is 12.2. The lowest BCUT2D eigenvalue weighted by Gasteiger charge is -2.29. The number of hydrogen-bond acceptors (Lipinski definition) is 2. The van der Waals surface area contributed by atoms with Gasteiger partial charge in [0, 0.05) is 0 Å². The first-order chi connectivity index (χ1) is 10.5. The smallest absolute Gasteiger partial charge is 0.309 e. The molecule has 0 bridgehead atoms. The highest BCUT2D eigenvalue weighted by Crippen LogP contribution is 2.24. The minimum atomic E-state index is -0.265. The highest BCUT2D eigenvalue weighted by atomic mass is 16.6. The van der Waals surface area contributed by atoms with E-state index in [1.807, 2.05) is 6.92 Å². The Balaban J connectivity index is 3.78. The Bertz CT molecular complexity index is 275. The van der Waals surface area contributed by atoms with Crippen molar-refractivity contribution in [2.45, 2.75) is 117 Å². The third-order valence-corrected chi connectivity index (χ3v) is 4.77. The first kappa shape index (κ1) is 21.5. The minimum absolute atomic E-state index is 0.000691. The van der Waals surface area contributed by atoms with Gasteiger partial charge in [-0.15, -0.1) is 0 Å². The molecule has 0 aliphatic rings. The predicted molar refractivity (Wildman–Crippen MR) is 96.1 cm³/mol. The highest BCUT2D eigenvalue weighted by molar-refractivity contribution is 5.72. The van der Waals surface area contributed by atoms with E-state index in [0.717, 1.165) is 32.1 Å². The molecular formula is C20H40O2. The van der Waals surface area contributed by atoms with Gasteiger partial charge in [0.05, 0.1) is 5.92 Å². The second kappa shape index (κ2) is 13.0. The normalized spacial score (nSPS) is 15.3. The number of unbranched alkanes of at least 4 members (excludes halogenated alkanes) is 7. The second-order valence-corrected chi connectivity index (χ2v) is 7.14. The molecule has 0 fully saturated rings. The van der Waals surface area contributed by atoms with Gasteiger partial charge in [0.15, 0.2) is 0 Å². The van der Waals surface area contributed by atoms with Crippen molar-refractivity contribution < 1.29 is 9.53 Å². The number of hydrogen-bond donors (Lipinski definition) is 0. The summed E-state index contributed by atoms with van der Waals surface area (Å²) in [5, 5.41) is 0. The topological polar surface area (TPSA) is 26.3 Å². The molecule has 0 aliphatic heterocycles. The standard InChI is InChI=1S/C20H40O2/c1-6-9-10-11-12-13-14-15-16-18(4)19(21)22-20(5,8-3)17-7-2/h18H,6-17H2,1-5H3. The molecule has 0 radical (unpaired) electrons. The summed E-state index contributed by atoms with van der Waals surface area (Å²) < 4.78 is 5.77. The van der Waals surface area contributed by atoms with Gasteiger partial charge in [0.2, 0.25) is 0 Å². The molecule has 2 unspecified atom stereocenters. The lowest BCUT2D eigenvalue weighted by atomic mass is 9.96. The fourth-order valence-corrected chi connectivity index (χ4v) is 2.87. The van der Waals surface area contributed by atoms with Crippen molar-refractivity contribution in [2.24, 2.45) is 5.92 Å². The van der Waals surface area contributed by atoms with Crippen molar-refractivity contribution in [1.29, 1.82) is 0 Å². The van der Waals surface area contributed by atoms with Gasteiger partial charge in [-0.2, -0.15) is 0 Å². The van der Waals surface area contributed by atoms with Crippen LogP contribution < -0.4 is 0 Å². The van der Waals surface area contributed by atoms with Crippen molar-refractivity contribution in [3.05, 3.63) is 0 Å². The number of rotatable bonds is 14. The fraction of sp³-hybridized carbons (Fsp3) is 0.950. The van der Waals surface area contributed by atoms with Gasteiger partial charge in [0.25, 0.3) is 0 Å². The predicted octanol–water partition coefficient (Wildman–Crippen LogP) is 6.67.